The first-order valence-electron chi connectivity index (χ1n) is 11.4. The Morgan fingerprint density at radius 3 is 2.21 bits per heavy atom. The molecule has 0 saturated heterocycles. The van der Waals surface area contributed by atoms with E-state index < -0.39 is 17.8 Å². The molecule has 2 amide bonds. The summed E-state index contributed by atoms with van der Waals surface area (Å²) in [6.07, 6.45) is 0.295. The van der Waals surface area contributed by atoms with Gasteiger partial charge in [-0.2, -0.15) is 0 Å². The highest BCUT2D eigenvalue weighted by atomic mass is 19.1. The second kappa shape index (κ2) is 12.0. The van der Waals surface area contributed by atoms with Gasteiger partial charge in [0.1, 0.15) is 17.6 Å². The molecule has 34 heavy (non-hydrogen) atoms. The molecule has 0 aromatic heterocycles. The first-order valence-corrected chi connectivity index (χ1v) is 11.4. The van der Waals surface area contributed by atoms with Crippen molar-refractivity contribution < 1.29 is 18.7 Å². The van der Waals surface area contributed by atoms with Crippen LogP contribution in [0.3, 0.4) is 0 Å². The molecule has 1 N–H and O–H groups in total. The molecule has 0 aliphatic carbocycles. The number of nitrogens with one attached hydrogen (secondary N) is 1. The van der Waals surface area contributed by atoms with Crippen LogP contribution in [0.1, 0.15) is 36.5 Å². The molecule has 178 valence electrons. The van der Waals surface area contributed by atoms with Gasteiger partial charge in [-0.25, -0.2) is 4.39 Å². The Morgan fingerprint density at radius 1 is 0.941 bits per heavy atom. The van der Waals surface area contributed by atoms with Crippen molar-refractivity contribution >= 4 is 11.8 Å². The summed E-state index contributed by atoms with van der Waals surface area (Å²) >= 11 is 0. The van der Waals surface area contributed by atoms with E-state index >= 15 is 0 Å². The largest absolute Gasteiger partial charge is 0.484 e. The van der Waals surface area contributed by atoms with E-state index in [-0.39, 0.29) is 19.1 Å². The minimum absolute atomic E-state index is 0.0495. The molecule has 0 aliphatic rings. The molecule has 0 bridgehead atoms. The maximum atomic E-state index is 14.5. The van der Waals surface area contributed by atoms with E-state index in [2.05, 4.69) is 19.2 Å². The van der Waals surface area contributed by atoms with Crippen LogP contribution in [0.15, 0.2) is 78.9 Å². The third-order valence-corrected chi connectivity index (χ3v) is 5.73. The molecule has 3 rings (SSSR count). The van der Waals surface area contributed by atoms with Crippen LogP contribution in [0.5, 0.6) is 5.75 Å². The van der Waals surface area contributed by atoms with Crippen molar-refractivity contribution in [1.82, 2.24) is 10.2 Å². The van der Waals surface area contributed by atoms with Gasteiger partial charge in [0.15, 0.2) is 6.61 Å². The highest BCUT2D eigenvalue weighted by molar-refractivity contribution is 5.88. The van der Waals surface area contributed by atoms with Crippen molar-refractivity contribution in [3.63, 3.8) is 0 Å². The van der Waals surface area contributed by atoms with E-state index in [0.29, 0.717) is 23.7 Å². The number of benzene rings is 3. The van der Waals surface area contributed by atoms with Gasteiger partial charge in [-0.3, -0.25) is 9.59 Å². The lowest BCUT2D eigenvalue weighted by Gasteiger charge is -2.31. The van der Waals surface area contributed by atoms with Crippen molar-refractivity contribution in [3.8, 4) is 5.75 Å². The zero-order chi connectivity index (χ0) is 24.5. The van der Waals surface area contributed by atoms with Gasteiger partial charge in [-0.1, -0.05) is 74.5 Å². The Kier molecular flexibility index (Phi) is 8.79. The monoisotopic (exact) mass is 462 g/mol. The molecule has 6 heteroatoms. The summed E-state index contributed by atoms with van der Waals surface area (Å²) in [5, 5.41) is 2.64. The molecule has 0 aliphatic heterocycles. The van der Waals surface area contributed by atoms with Gasteiger partial charge in [-0.05, 0) is 35.2 Å². The van der Waals surface area contributed by atoms with Gasteiger partial charge in [0.2, 0.25) is 5.91 Å². The number of nitrogens with zero attached hydrogens (tertiary/aromatic N) is 1. The number of hydrogen-bond donors (Lipinski definition) is 1. The lowest BCUT2D eigenvalue weighted by atomic mass is 10.0. The fraction of sp³-hybridized carbons (Fsp3) is 0.286. The molecular weight excluding hydrogens is 431 g/mol. The van der Waals surface area contributed by atoms with Crippen LogP contribution in [0.2, 0.25) is 0 Å². The lowest BCUT2D eigenvalue weighted by molar-refractivity contribution is -0.142. The molecule has 0 saturated carbocycles. The highest BCUT2D eigenvalue weighted by Crippen LogP contribution is 2.20. The van der Waals surface area contributed by atoms with Gasteiger partial charge in [-0.15, -0.1) is 0 Å². The number of rotatable bonds is 10. The molecule has 0 fully saturated rings. The maximum Gasteiger partial charge on any atom is 0.261 e. The fourth-order valence-electron chi connectivity index (χ4n) is 3.71. The van der Waals surface area contributed by atoms with Crippen LogP contribution in [-0.4, -0.2) is 36.4 Å². The Labute approximate surface area is 200 Å². The Hall–Kier alpha value is -3.67. The van der Waals surface area contributed by atoms with Crippen LogP contribution in [-0.2, 0) is 22.6 Å². The Morgan fingerprint density at radius 2 is 1.59 bits per heavy atom. The Balaban J connectivity index is 1.85. The summed E-state index contributed by atoms with van der Waals surface area (Å²) in [7, 11) is 1.53. The Bertz CT molecular complexity index is 1080. The normalized spacial score (nSPS) is 11.7. The first kappa shape index (κ1) is 25.0. The second-order valence-corrected chi connectivity index (χ2v) is 8.45. The number of amides is 2. The summed E-state index contributed by atoms with van der Waals surface area (Å²) < 4.78 is 20.2. The summed E-state index contributed by atoms with van der Waals surface area (Å²) in [6, 6.07) is 22.4. The van der Waals surface area contributed by atoms with Gasteiger partial charge in [0.05, 0.1) is 0 Å². The molecular formula is C28H31FN2O3. The quantitative estimate of drug-likeness (QED) is 0.475. The number of hydrogen-bond acceptors (Lipinski definition) is 3. The molecule has 5 nitrogen and oxygen atoms in total. The summed E-state index contributed by atoms with van der Waals surface area (Å²) in [6.45, 7) is 3.89. The van der Waals surface area contributed by atoms with E-state index in [1.54, 1.807) is 18.2 Å². The minimum Gasteiger partial charge on any atom is -0.484 e. The number of ether oxygens (including phenoxy) is 1. The van der Waals surface area contributed by atoms with E-state index in [0.717, 1.165) is 5.56 Å². The summed E-state index contributed by atoms with van der Waals surface area (Å²) in [5.41, 5.74) is 2.40. The minimum atomic E-state index is -0.827. The zero-order valence-electron chi connectivity index (χ0n) is 19.8. The van der Waals surface area contributed by atoms with Crippen molar-refractivity contribution in [2.24, 2.45) is 0 Å². The topological polar surface area (TPSA) is 58.6 Å². The smallest absolute Gasteiger partial charge is 0.261 e. The first-order chi connectivity index (χ1) is 16.4. The van der Waals surface area contributed by atoms with Crippen LogP contribution >= 0.6 is 0 Å². The molecule has 3 aromatic carbocycles. The second-order valence-electron chi connectivity index (χ2n) is 8.45. The van der Waals surface area contributed by atoms with Gasteiger partial charge in [0.25, 0.3) is 5.91 Å². The number of carbonyl (C=O) groups excluding carboxylic acids is 2. The standard InChI is InChI=1S/C28H31FN2O3/c1-20(2)22-13-15-24(16-14-22)34-19-27(32)31(18-23-11-7-8-12-25(23)29)26(28(33)30-3)17-21-9-5-4-6-10-21/h4-16,20,26H,17-19H2,1-3H3,(H,30,33)/t26-/m1/s1. The SMILES string of the molecule is CNC(=O)[C@@H](Cc1ccccc1)N(Cc1ccccc1F)C(=O)COc1ccc(C(C)C)cc1. The van der Waals surface area contributed by atoms with Crippen LogP contribution in [0, 0.1) is 5.82 Å². The van der Waals surface area contributed by atoms with Crippen molar-refractivity contribution in [3.05, 3.63) is 101 Å². The molecule has 0 spiro atoms. The molecule has 0 heterocycles. The van der Waals surface area contributed by atoms with E-state index in [1.807, 2.05) is 54.6 Å². The van der Waals surface area contributed by atoms with Crippen LogP contribution in [0.25, 0.3) is 0 Å². The van der Waals surface area contributed by atoms with Crippen molar-refractivity contribution in [2.75, 3.05) is 13.7 Å². The maximum absolute atomic E-state index is 14.5. The van der Waals surface area contributed by atoms with Gasteiger partial charge in [0, 0.05) is 25.6 Å². The van der Waals surface area contributed by atoms with E-state index in [4.69, 9.17) is 4.74 Å². The van der Waals surface area contributed by atoms with Crippen LogP contribution < -0.4 is 10.1 Å². The highest BCUT2D eigenvalue weighted by Gasteiger charge is 2.30. The van der Waals surface area contributed by atoms with Gasteiger partial charge >= 0.3 is 0 Å². The zero-order valence-corrected chi connectivity index (χ0v) is 19.8. The molecule has 1 atom stereocenters. The van der Waals surface area contributed by atoms with Crippen LogP contribution in [0.4, 0.5) is 4.39 Å². The van der Waals surface area contributed by atoms with Crippen molar-refractivity contribution in [1.29, 1.82) is 0 Å². The summed E-state index contributed by atoms with van der Waals surface area (Å²) in [5.74, 6) is -0.210. The number of halogens is 1. The average Bonchev–Trinajstić information content (AvgIpc) is 2.86. The third kappa shape index (κ3) is 6.67. The van der Waals surface area contributed by atoms with Crippen molar-refractivity contribution in [2.45, 2.75) is 38.8 Å². The number of carbonyl (C=O) groups is 2. The summed E-state index contributed by atoms with van der Waals surface area (Å²) in [4.78, 5) is 27.6. The van der Waals surface area contributed by atoms with E-state index in [9.17, 15) is 14.0 Å². The molecule has 0 unspecified atom stereocenters. The number of likely N-dealkylation sites (N-methyl/N-ethyl adjacent to an activating group) is 1. The average molecular weight is 463 g/mol. The molecule has 0 radical (unpaired) electrons. The predicted octanol–water partition coefficient (Wildman–Crippen LogP) is 4.71. The van der Waals surface area contributed by atoms with Gasteiger partial charge < -0.3 is 15.0 Å². The third-order valence-electron chi connectivity index (χ3n) is 5.73. The lowest BCUT2D eigenvalue weighted by Crippen LogP contribution is -2.51. The predicted molar refractivity (Wildman–Crippen MR) is 131 cm³/mol. The fourth-order valence-corrected chi connectivity index (χ4v) is 3.71. The molecule has 3 aromatic rings. The van der Waals surface area contributed by atoms with E-state index in [1.165, 1.54) is 23.6 Å².